The van der Waals surface area contributed by atoms with Crippen molar-refractivity contribution in [2.45, 2.75) is 12.8 Å². The molecule has 1 aromatic carbocycles. The predicted octanol–water partition coefficient (Wildman–Crippen LogP) is 2.91. The quantitative estimate of drug-likeness (QED) is 0.858. The van der Waals surface area contributed by atoms with E-state index in [4.69, 9.17) is 11.6 Å². The molecule has 5 nitrogen and oxygen atoms in total. The molecule has 0 atom stereocenters. The lowest BCUT2D eigenvalue weighted by atomic mass is 10.2. The molecule has 0 unspecified atom stereocenters. The topological polar surface area (TPSA) is 61.4 Å². The van der Waals surface area contributed by atoms with Crippen LogP contribution in [0.3, 0.4) is 0 Å². The van der Waals surface area contributed by atoms with Gasteiger partial charge in [0.05, 0.1) is 17.3 Å². The van der Waals surface area contributed by atoms with Gasteiger partial charge in [0.15, 0.2) is 0 Å². The number of nitrogens with one attached hydrogen (secondary N) is 2. The van der Waals surface area contributed by atoms with Crippen LogP contribution in [0.4, 0.5) is 11.4 Å². The molecular weight excluding hydrogens is 346 g/mol. The Morgan fingerprint density at radius 3 is 2.96 bits per heavy atom. The lowest BCUT2D eigenvalue weighted by Crippen LogP contribution is -2.47. The van der Waals surface area contributed by atoms with Gasteiger partial charge >= 0.3 is 0 Å². The summed E-state index contributed by atoms with van der Waals surface area (Å²) in [5.74, 6) is -0.0505. The van der Waals surface area contributed by atoms with Gasteiger partial charge in [-0.1, -0.05) is 11.6 Å². The molecule has 0 radical (unpaired) electrons. The Hall–Kier alpha value is -2.05. The molecule has 3 rings (SSSR count). The molecular formula is C17H18ClN3O2S. The zero-order chi connectivity index (χ0) is 16.9. The number of benzene rings is 1. The monoisotopic (exact) mass is 363 g/mol. The van der Waals surface area contributed by atoms with E-state index in [0.717, 1.165) is 18.7 Å². The minimum atomic E-state index is -0.0395. The van der Waals surface area contributed by atoms with E-state index in [1.807, 2.05) is 33.9 Å². The SMILES string of the molecule is O=C1CN(c2ccc(NC(=O)CCc3ccsc3)cc2Cl)CCN1. The number of carbonyl (C=O) groups is 2. The van der Waals surface area contributed by atoms with E-state index in [2.05, 4.69) is 10.6 Å². The third kappa shape index (κ3) is 4.27. The van der Waals surface area contributed by atoms with Gasteiger partial charge in [-0.15, -0.1) is 0 Å². The summed E-state index contributed by atoms with van der Waals surface area (Å²) in [7, 11) is 0. The van der Waals surface area contributed by atoms with Crippen LogP contribution in [0, 0.1) is 0 Å². The van der Waals surface area contributed by atoms with Gasteiger partial charge in [0.2, 0.25) is 11.8 Å². The summed E-state index contributed by atoms with van der Waals surface area (Å²) in [5, 5.41) is 10.2. The Morgan fingerprint density at radius 1 is 1.38 bits per heavy atom. The van der Waals surface area contributed by atoms with E-state index in [-0.39, 0.29) is 11.8 Å². The minimum absolute atomic E-state index is 0.0110. The molecule has 2 aromatic rings. The van der Waals surface area contributed by atoms with E-state index < -0.39 is 0 Å². The van der Waals surface area contributed by atoms with Crippen molar-refractivity contribution in [1.82, 2.24) is 5.32 Å². The highest BCUT2D eigenvalue weighted by Gasteiger charge is 2.18. The third-order valence-electron chi connectivity index (χ3n) is 3.83. The molecule has 2 amide bonds. The Labute approximate surface area is 149 Å². The fourth-order valence-corrected chi connectivity index (χ4v) is 3.60. The molecule has 126 valence electrons. The Bertz CT molecular complexity index is 733. The van der Waals surface area contributed by atoms with Gasteiger partial charge in [0.25, 0.3) is 0 Å². The maximum atomic E-state index is 12.0. The lowest BCUT2D eigenvalue weighted by Gasteiger charge is -2.29. The van der Waals surface area contributed by atoms with E-state index >= 15 is 0 Å². The molecule has 1 fully saturated rings. The molecule has 24 heavy (non-hydrogen) atoms. The highest BCUT2D eigenvalue weighted by atomic mass is 35.5. The summed E-state index contributed by atoms with van der Waals surface area (Å²) in [5.41, 5.74) is 2.65. The maximum absolute atomic E-state index is 12.0. The minimum Gasteiger partial charge on any atom is -0.359 e. The van der Waals surface area contributed by atoms with Crippen molar-refractivity contribution in [2.75, 3.05) is 29.9 Å². The zero-order valence-electron chi connectivity index (χ0n) is 13.0. The summed E-state index contributed by atoms with van der Waals surface area (Å²) in [6.07, 6.45) is 1.16. The smallest absolute Gasteiger partial charge is 0.239 e. The highest BCUT2D eigenvalue weighted by molar-refractivity contribution is 7.07. The van der Waals surface area contributed by atoms with Crippen LogP contribution in [0.25, 0.3) is 0 Å². The van der Waals surface area contributed by atoms with Gasteiger partial charge in [-0.25, -0.2) is 0 Å². The van der Waals surface area contributed by atoms with Gasteiger partial charge in [0, 0.05) is 25.2 Å². The first kappa shape index (κ1) is 16.8. The standard InChI is InChI=1S/C17H18ClN3O2S/c18-14-9-13(20-16(22)4-1-12-5-8-24-11-12)2-3-15(14)21-7-6-19-17(23)10-21/h2-3,5,8-9,11H,1,4,6-7,10H2,(H,19,23)(H,20,22). The van der Waals surface area contributed by atoms with Crippen LogP contribution in [-0.2, 0) is 16.0 Å². The Balaban J connectivity index is 1.59. The zero-order valence-corrected chi connectivity index (χ0v) is 14.6. The van der Waals surface area contributed by atoms with Gasteiger partial charge in [-0.05, 0) is 47.0 Å². The molecule has 0 aliphatic carbocycles. The first-order valence-corrected chi connectivity index (χ1v) is 9.06. The normalized spacial score (nSPS) is 14.4. The average molecular weight is 364 g/mol. The lowest BCUT2D eigenvalue weighted by molar-refractivity contribution is -0.120. The number of nitrogens with zero attached hydrogens (tertiary/aromatic N) is 1. The van der Waals surface area contributed by atoms with Crippen LogP contribution < -0.4 is 15.5 Å². The third-order valence-corrected chi connectivity index (χ3v) is 4.87. The molecule has 1 saturated heterocycles. The highest BCUT2D eigenvalue weighted by Crippen LogP contribution is 2.29. The van der Waals surface area contributed by atoms with Crippen LogP contribution in [0.5, 0.6) is 0 Å². The largest absolute Gasteiger partial charge is 0.359 e. The van der Waals surface area contributed by atoms with Crippen molar-refractivity contribution in [3.63, 3.8) is 0 Å². The number of hydrogen-bond acceptors (Lipinski definition) is 4. The van der Waals surface area contributed by atoms with Crippen LogP contribution >= 0.6 is 22.9 Å². The summed E-state index contributed by atoms with van der Waals surface area (Å²) in [6, 6.07) is 7.41. The number of anilines is 2. The molecule has 0 saturated carbocycles. The van der Waals surface area contributed by atoms with Gasteiger partial charge in [-0.3, -0.25) is 9.59 Å². The molecule has 0 spiro atoms. The van der Waals surface area contributed by atoms with Crippen molar-refractivity contribution in [3.05, 3.63) is 45.6 Å². The average Bonchev–Trinajstić information content (AvgIpc) is 3.06. The molecule has 7 heteroatoms. The van der Waals surface area contributed by atoms with E-state index in [1.165, 1.54) is 5.56 Å². The second-order valence-corrected chi connectivity index (χ2v) is 6.80. The van der Waals surface area contributed by atoms with Crippen LogP contribution in [-0.4, -0.2) is 31.4 Å². The Kier molecular flexibility index (Phi) is 5.37. The van der Waals surface area contributed by atoms with E-state index in [0.29, 0.717) is 30.2 Å². The van der Waals surface area contributed by atoms with Gasteiger partial charge in [0.1, 0.15) is 0 Å². The number of hydrogen-bond donors (Lipinski definition) is 2. The molecule has 2 N–H and O–H groups in total. The van der Waals surface area contributed by atoms with Crippen molar-refractivity contribution in [2.24, 2.45) is 0 Å². The first-order valence-electron chi connectivity index (χ1n) is 7.74. The fraction of sp³-hybridized carbons (Fsp3) is 0.294. The van der Waals surface area contributed by atoms with Gasteiger partial charge in [-0.2, -0.15) is 11.3 Å². The summed E-state index contributed by atoms with van der Waals surface area (Å²) >= 11 is 7.96. The Morgan fingerprint density at radius 2 is 2.25 bits per heavy atom. The first-order chi connectivity index (χ1) is 11.6. The molecule has 1 aliphatic heterocycles. The van der Waals surface area contributed by atoms with Crippen molar-refractivity contribution < 1.29 is 9.59 Å². The summed E-state index contributed by atoms with van der Waals surface area (Å²) < 4.78 is 0. The summed E-state index contributed by atoms with van der Waals surface area (Å²) in [6.45, 7) is 1.63. The van der Waals surface area contributed by atoms with Crippen LogP contribution in [0.15, 0.2) is 35.0 Å². The van der Waals surface area contributed by atoms with E-state index in [9.17, 15) is 9.59 Å². The molecule has 2 heterocycles. The number of rotatable bonds is 5. The van der Waals surface area contributed by atoms with Crippen molar-refractivity contribution in [3.8, 4) is 0 Å². The number of halogens is 1. The van der Waals surface area contributed by atoms with Crippen LogP contribution in [0.2, 0.25) is 5.02 Å². The number of piperazine rings is 1. The van der Waals surface area contributed by atoms with Gasteiger partial charge < -0.3 is 15.5 Å². The van der Waals surface area contributed by atoms with E-state index in [1.54, 1.807) is 17.4 Å². The number of thiophene rings is 1. The second kappa shape index (κ2) is 7.68. The second-order valence-electron chi connectivity index (χ2n) is 5.62. The predicted molar refractivity (Wildman–Crippen MR) is 97.9 cm³/mol. The molecule has 1 aliphatic rings. The number of carbonyl (C=O) groups excluding carboxylic acids is 2. The molecule has 1 aromatic heterocycles. The molecule has 0 bridgehead atoms. The van der Waals surface area contributed by atoms with Crippen molar-refractivity contribution >= 4 is 46.1 Å². The van der Waals surface area contributed by atoms with Crippen LogP contribution in [0.1, 0.15) is 12.0 Å². The maximum Gasteiger partial charge on any atom is 0.239 e. The number of amides is 2. The number of aryl methyl sites for hydroxylation is 1. The fourth-order valence-electron chi connectivity index (χ4n) is 2.60. The van der Waals surface area contributed by atoms with Crippen molar-refractivity contribution in [1.29, 1.82) is 0 Å². The summed E-state index contributed by atoms with van der Waals surface area (Å²) in [4.78, 5) is 25.5.